The smallest absolute Gasteiger partial charge is 0.136 e. The second-order valence-corrected chi connectivity index (χ2v) is 5.29. The van der Waals surface area contributed by atoms with Crippen molar-refractivity contribution in [2.24, 2.45) is 0 Å². The normalized spacial score (nSPS) is 12.4. The first-order chi connectivity index (χ1) is 9.15. The molecule has 1 nitrogen and oxygen atoms in total. The van der Waals surface area contributed by atoms with Gasteiger partial charge in [-0.25, -0.2) is 8.78 Å². The van der Waals surface area contributed by atoms with Gasteiger partial charge in [-0.3, -0.25) is 0 Å². The third-order valence-electron chi connectivity index (χ3n) is 2.65. The minimum atomic E-state index is -0.588. The number of aliphatic hydroxyl groups is 1. The Labute approximate surface area is 115 Å². The lowest BCUT2D eigenvalue weighted by molar-refractivity contribution is 0.200. The van der Waals surface area contributed by atoms with E-state index in [9.17, 15) is 13.9 Å². The van der Waals surface area contributed by atoms with E-state index in [1.807, 2.05) is 0 Å². The predicted octanol–water partition coefficient (Wildman–Crippen LogP) is 3.66. The van der Waals surface area contributed by atoms with E-state index < -0.39 is 6.10 Å². The first-order valence-electron chi connectivity index (χ1n) is 5.95. The monoisotopic (exact) mass is 280 g/mol. The molecule has 1 unspecified atom stereocenters. The summed E-state index contributed by atoms with van der Waals surface area (Å²) < 4.78 is 26.1. The molecule has 0 amide bonds. The molecule has 0 saturated carbocycles. The highest BCUT2D eigenvalue weighted by molar-refractivity contribution is 7.99. The van der Waals surface area contributed by atoms with E-state index >= 15 is 0 Å². The van der Waals surface area contributed by atoms with Crippen LogP contribution >= 0.6 is 11.8 Å². The first-order valence-corrected chi connectivity index (χ1v) is 6.93. The average Bonchev–Trinajstić information content (AvgIpc) is 2.40. The van der Waals surface area contributed by atoms with Crippen LogP contribution in [0.5, 0.6) is 0 Å². The van der Waals surface area contributed by atoms with Crippen LogP contribution < -0.4 is 0 Å². The highest BCUT2D eigenvalue weighted by Crippen LogP contribution is 2.22. The fourth-order valence-electron chi connectivity index (χ4n) is 1.70. The SMILES string of the molecule is OC(CSc1ccccc1F)Cc1ccc(F)cc1. The summed E-state index contributed by atoms with van der Waals surface area (Å²) in [5, 5.41) is 9.89. The van der Waals surface area contributed by atoms with Crippen LogP contribution in [-0.2, 0) is 6.42 Å². The Bertz CT molecular complexity index is 528. The number of thioether (sulfide) groups is 1. The van der Waals surface area contributed by atoms with Crippen molar-refractivity contribution in [3.63, 3.8) is 0 Å². The summed E-state index contributed by atoms with van der Waals surface area (Å²) in [6.45, 7) is 0. The van der Waals surface area contributed by atoms with E-state index in [2.05, 4.69) is 0 Å². The minimum absolute atomic E-state index is 0.276. The second-order valence-electron chi connectivity index (χ2n) is 4.23. The zero-order valence-corrected chi connectivity index (χ0v) is 11.0. The molecule has 0 aliphatic rings. The van der Waals surface area contributed by atoms with Gasteiger partial charge in [-0.15, -0.1) is 11.8 Å². The van der Waals surface area contributed by atoms with Gasteiger partial charge in [0.15, 0.2) is 0 Å². The lowest BCUT2D eigenvalue weighted by Gasteiger charge is -2.10. The van der Waals surface area contributed by atoms with Crippen molar-refractivity contribution >= 4 is 11.8 Å². The zero-order valence-electron chi connectivity index (χ0n) is 10.2. The quantitative estimate of drug-likeness (QED) is 0.843. The maximum absolute atomic E-state index is 13.4. The standard InChI is InChI=1S/C15H14F2OS/c16-12-7-5-11(6-8-12)9-13(18)10-19-15-4-2-1-3-14(15)17/h1-8,13,18H,9-10H2. The molecule has 19 heavy (non-hydrogen) atoms. The van der Waals surface area contributed by atoms with Gasteiger partial charge >= 0.3 is 0 Å². The third kappa shape index (κ3) is 4.33. The second kappa shape index (κ2) is 6.68. The lowest BCUT2D eigenvalue weighted by Crippen LogP contribution is -2.13. The van der Waals surface area contributed by atoms with Gasteiger partial charge in [0.05, 0.1) is 6.10 Å². The largest absolute Gasteiger partial charge is 0.392 e. The molecule has 2 aromatic carbocycles. The molecule has 2 aromatic rings. The highest BCUT2D eigenvalue weighted by atomic mass is 32.2. The van der Waals surface area contributed by atoms with Crippen molar-refractivity contribution in [2.45, 2.75) is 17.4 Å². The van der Waals surface area contributed by atoms with E-state index in [0.29, 0.717) is 17.1 Å². The van der Waals surface area contributed by atoms with Gasteiger partial charge in [-0.1, -0.05) is 24.3 Å². The number of aliphatic hydroxyl groups excluding tert-OH is 1. The molecule has 1 atom stereocenters. The van der Waals surface area contributed by atoms with E-state index in [0.717, 1.165) is 5.56 Å². The van der Waals surface area contributed by atoms with Crippen molar-refractivity contribution in [1.29, 1.82) is 0 Å². The Kier molecular flexibility index (Phi) is 4.93. The van der Waals surface area contributed by atoms with Crippen molar-refractivity contribution < 1.29 is 13.9 Å². The molecular weight excluding hydrogens is 266 g/mol. The van der Waals surface area contributed by atoms with Gasteiger partial charge in [0, 0.05) is 10.6 Å². The molecular formula is C15H14F2OS. The molecule has 0 bridgehead atoms. The molecule has 0 saturated heterocycles. The van der Waals surface area contributed by atoms with Gasteiger partial charge in [0.25, 0.3) is 0 Å². The molecule has 0 aromatic heterocycles. The average molecular weight is 280 g/mol. The number of halogens is 2. The van der Waals surface area contributed by atoms with Crippen LogP contribution in [0.15, 0.2) is 53.4 Å². The molecule has 2 rings (SSSR count). The van der Waals surface area contributed by atoms with Crippen molar-refractivity contribution in [3.05, 3.63) is 65.7 Å². The van der Waals surface area contributed by atoms with Crippen LogP contribution in [0.25, 0.3) is 0 Å². The summed E-state index contributed by atoms with van der Waals surface area (Å²) in [6, 6.07) is 12.5. The van der Waals surface area contributed by atoms with Crippen LogP contribution in [0.1, 0.15) is 5.56 Å². The Hall–Kier alpha value is -1.39. The Morgan fingerprint density at radius 3 is 2.37 bits per heavy atom. The van der Waals surface area contributed by atoms with Crippen molar-refractivity contribution in [3.8, 4) is 0 Å². The van der Waals surface area contributed by atoms with Crippen LogP contribution in [0.3, 0.4) is 0 Å². The van der Waals surface area contributed by atoms with Gasteiger partial charge in [-0.2, -0.15) is 0 Å². The molecule has 0 heterocycles. The summed E-state index contributed by atoms with van der Waals surface area (Å²) in [7, 11) is 0. The van der Waals surface area contributed by atoms with Gasteiger partial charge in [-0.05, 0) is 36.2 Å². The van der Waals surface area contributed by atoms with Gasteiger partial charge < -0.3 is 5.11 Å². The summed E-state index contributed by atoms with van der Waals surface area (Å²) in [4.78, 5) is 0.528. The molecule has 0 spiro atoms. The number of benzene rings is 2. The third-order valence-corrected chi connectivity index (χ3v) is 3.85. The van der Waals surface area contributed by atoms with Crippen molar-refractivity contribution in [1.82, 2.24) is 0 Å². The van der Waals surface area contributed by atoms with Crippen LogP contribution in [0.4, 0.5) is 8.78 Å². The molecule has 100 valence electrons. The molecule has 4 heteroatoms. The summed E-state index contributed by atoms with van der Waals surface area (Å²) >= 11 is 1.28. The molecule has 0 fully saturated rings. The highest BCUT2D eigenvalue weighted by Gasteiger charge is 2.08. The number of hydrogen-bond acceptors (Lipinski definition) is 2. The summed E-state index contributed by atoms with van der Waals surface area (Å²) in [6.07, 6.45) is -0.156. The molecule has 1 N–H and O–H groups in total. The topological polar surface area (TPSA) is 20.2 Å². The Morgan fingerprint density at radius 2 is 1.68 bits per heavy atom. The van der Waals surface area contributed by atoms with Crippen LogP contribution in [0, 0.1) is 11.6 Å². The summed E-state index contributed by atoms with van der Waals surface area (Å²) in [5.41, 5.74) is 0.864. The van der Waals surface area contributed by atoms with Crippen LogP contribution in [0.2, 0.25) is 0 Å². The molecule has 0 radical (unpaired) electrons. The van der Waals surface area contributed by atoms with Gasteiger partial charge in [0.2, 0.25) is 0 Å². The Morgan fingerprint density at radius 1 is 1.00 bits per heavy atom. The maximum atomic E-state index is 13.4. The van der Waals surface area contributed by atoms with E-state index in [1.165, 1.54) is 30.0 Å². The van der Waals surface area contributed by atoms with Crippen molar-refractivity contribution in [2.75, 3.05) is 5.75 Å². The number of rotatable bonds is 5. The minimum Gasteiger partial charge on any atom is -0.392 e. The van der Waals surface area contributed by atoms with Gasteiger partial charge in [0.1, 0.15) is 11.6 Å². The van der Waals surface area contributed by atoms with E-state index in [-0.39, 0.29) is 11.6 Å². The fourth-order valence-corrected chi connectivity index (χ4v) is 2.57. The zero-order chi connectivity index (χ0) is 13.7. The maximum Gasteiger partial charge on any atom is 0.136 e. The molecule has 0 aliphatic carbocycles. The Balaban J connectivity index is 1.86. The van der Waals surface area contributed by atoms with E-state index in [1.54, 1.807) is 30.3 Å². The van der Waals surface area contributed by atoms with Crippen LogP contribution in [-0.4, -0.2) is 17.0 Å². The first kappa shape index (κ1) is 14.0. The number of hydrogen-bond donors (Lipinski definition) is 1. The lowest BCUT2D eigenvalue weighted by atomic mass is 10.1. The summed E-state index contributed by atoms with van der Waals surface area (Å²) in [5.74, 6) is -0.168. The predicted molar refractivity (Wildman–Crippen MR) is 73.2 cm³/mol. The fraction of sp³-hybridized carbons (Fsp3) is 0.200. The molecule has 0 aliphatic heterocycles. The van der Waals surface area contributed by atoms with E-state index in [4.69, 9.17) is 0 Å².